The van der Waals surface area contributed by atoms with Gasteiger partial charge in [0.15, 0.2) is 5.82 Å². The van der Waals surface area contributed by atoms with E-state index in [1.165, 1.54) is 0 Å². The number of aromatic nitrogens is 2. The van der Waals surface area contributed by atoms with Crippen molar-refractivity contribution in [3.8, 4) is 17.2 Å². The molecule has 1 aliphatic heterocycles. The normalized spacial score (nSPS) is 19.0. The van der Waals surface area contributed by atoms with E-state index >= 15 is 0 Å². The van der Waals surface area contributed by atoms with Crippen LogP contribution in [-0.2, 0) is 0 Å². The molecule has 20 heavy (non-hydrogen) atoms. The number of halogens is 1. The predicted molar refractivity (Wildman–Crippen MR) is 76.1 cm³/mol. The van der Waals surface area contributed by atoms with Gasteiger partial charge >= 0.3 is 0 Å². The monoisotopic (exact) mass is 293 g/mol. The fraction of sp³-hybridized carbons (Fsp3) is 0.429. The fourth-order valence-corrected chi connectivity index (χ4v) is 2.60. The molecule has 2 heterocycles. The van der Waals surface area contributed by atoms with E-state index in [9.17, 15) is 0 Å². The van der Waals surface area contributed by atoms with Crippen LogP contribution in [0.25, 0.3) is 11.5 Å². The van der Waals surface area contributed by atoms with Crippen LogP contribution in [0.3, 0.4) is 0 Å². The summed E-state index contributed by atoms with van der Waals surface area (Å²) in [6.45, 7) is 1.95. The van der Waals surface area contributed by atoms with Gasteiger partial charge in [0.2, 0.25) is 0 Å². The second kappa shape index (κ2) is 5.81. The number of rotatable bonds is 3. The highest BCUT2D eigenvalue weighted by molar-refractivity contribution is 6.30. The van der Waals surface area contributed by atoms with Gasteiger partial charge in [-0.25, -0.2) is 0 Å². The Kier molecular flexibility index (Phi) is 3.89. The maximum absolute atomic E-state index is 6.02. The third-order valence-corrected chi connectivity index (χ3v) is 3.73. The SMILES string of the molecule is COc1ccc(Cl)cc1-c1nc(C2CCCNC2)no1. The number of hydrogen-bond donors (Lipinski definition) is 1. The van der Waals surface area contributed by atoms with Crippen molar-refractivity contribution in [2.45, 2.75) is 18.8 Å². The van der Waals surface area contributed by atoms with E-state index in [4.69, 9.17) is 20.9 Å². The molecule has 0 saturated carbocycles. The molecule has 5 nitrogen and oxygen atoms in total. The van der Waals surface area contributed by atoms with Gasteiger partial charge in [0, 0.05) is 17.5 Å². The standard InChI is InChI=1S/C14H16ClN3O2/c1-19-12-5-4-10(15)7-11(12)14-17-13(18-20-14)9-3-2-6-16-8-9/h4-5,7,9,16H,2-3,6,8H2,1H3. The van der Waals surface area contributed by atoms with Crippen LogP contribution >= 0.6 is 11.6 Å². The summed E-state index contributed by atoms with van der Waals surface area (Å²) < 4.78 is 10.7. The Morgan fingerprint density at radius 2 is 2.35 bits per heavy atom. The smallest absolute Gasteiger partial charge is 0.261 e. The Morgan fingerprint density at radius 3 is 3.10 bits per heavy atom. The van der Waals surface area contributed by atoms with Crippen LogP contribution in [0, 0.1) is 0 Å². The average molecular weight is 294 g/mol. The van der Waals surface area contributed by atoms with Crippen LogP contribution in [-0.4, -0.2) is 30.3 Å². The van der Waals surface area contributed by atoms with E-state index < -0.39 is 0 Å². The van der Waals surface area contributed by atoms with Gasteiger partial charge < -0.3 is 14.6 Å². The molecule has 6 heteroatoms. The van der Waals surface area contributed by atoms with E-state index in [0.717, 1.165) is 37.3 Å². The van der Waals surface area contributed by atoms with Crippen LogP contribution < -0.4 is 10.1 Å². The summed E-state index contributed by atoms with van der Waals surface area (Å²) in [5, 5.41) is 8.05. The Morgan fingerprint density at radius 1 is 1.45 bits per heavy atom. The highest BCUT2D eigenvalue weighted by atomic mass is 35.5. The molecule has 1 atom stereocenters. The molecule has 1 unspecified atom stereocenters. The molecule has 0 amide bonds. The summed E-state index contributed by atoms with van der Waals surface area (Å²) >= 11 is 6.02. The minimum atomic E-state index is 0.312. The van der Waals surface area contributed by atoms with Crippen molar-refractivity contribution in [2.75, 3.05) is 20.2 Å². The van der Waals surface area contributed by atoms with Crippen molar-refractivity contribution in [3.63, 3.8) is 0 Å². The van der Waals surface area contributed by atoms with Crippen LogP contribution in [0.4, 0.5) is 0 Å². The molecule has 0 spiro atoms. The highest BCUT2D eigenvalue weighted by Gasteiger charge is 2.22. The molecular formula is C14H16ClN3O2. The van der Waals surface area contributed by atoms with Crippen LogP contribution in [0.15, 0.2) is 22.7 Å². The summed E-state index contributed by atoms with van der Waals surface area (Å²) in [6, 6.07) is 5.34. The molecule has 0 aliphatic carbocycles. The number of methoxy groups -OCH3 is 1. The second-order valence-corrected chi connectivity index (χ2v) is 5.28. The van der Waals surface area contributed by atoms with E-state index in [1.807, 2.05) is 0 Å². The molecule has 1 N–H and O–H groups in total. The highest BCUT2D eigenvalue weighted by Crippen LogP contribution is 2.32. The third kappa shape index (κ3) is 2.64. The minimum Gasteiger partial charge on any atom is -0.496 e. The number of piperidine rings is 1. The van der Waals surface area contributed by atoms with Crippen molar-refractivity contribution in [2.24, 2.45) is 0 Å². The van der Waals surface area contributed by atoms with Crippen molar-refractivity contribution in [1.29, 1.82) is 0 Å². The summed E-state index contributed by atoms with van der Waals surface area (Å²) in [5.74, 6) is 2.18. The number of nitrogens with one attached hydrogen (secondary N) is 1. The first-order valence-electron chi connectivity index (χ1n) is 6.66. The van der Waals surface area contributed by atoms with Gasteiger partial charge in [-0.1, -0.05) is 16.8 Å². The van der Waals surface area contributed by atoms with E-state index in [0.29, 0.717) is 22.6 Å². The molecule has 1 aromatic heterocycles. The van der Waals surface area contributed by atoms with E-state index in [-0.39, 0.29) is 0 Å². The van der Waals surface area contributed by atoms with Crippen molar-refractivity contribution >= 4 is 11.6 Å². The zero-order valence-corrected chi connectivity index (χ0v) is 12.0. The summed E-state index contributed by atoms with van der Waals surface area (Å²) in [4.78, 5) is 4.50. The van der Waals surface area contributed by atoms with Gasteiger partial charge in [0.05, 0.1) is 12.7 Å². The molecule has 1 aliphatic rings. The van der Waals surface area contributed by atoms with Gasteiger partial charge in [0.1, 0.15) is 5.75 Å². The van der Waals surface area contributed by atoms with Crippen LogP contribution in [0.1, 0.15) is 24.6 Å². The lowest BCUT2D eigenvalue weighted by molar-refractivity contribution is 0.388. The van der Waals surface area contributed by atoms with Gasteiger partial charge in [-0.15, -0.1) is 0 Å². The Balaban J connectivity index is 1.91. The molecular weight excluding hydrogens is 278 g/mol. The number of benzene rings is 1. The Labute approximate surface area is 122 Å². The fourth-order valence-electron chi connectivity index (χ4n) is 2.43. The first kappa shape index (κ1) is 13.4. The molecule has 2 aromatic rings. The lowest BCUT2D eigenvalue weighted by Crippen LogP contribution is -2.28. The molecule has 1 fully saturated rings. The number of nitrogens with zero attached hydrogens (tertiary/aromatic N) is 2. The Hall–Kier alpha value is -1.59. The third-order valence-electron chi connectivity index (χ3n) is 3.50. The number of ether oxygens (including phenoxy) is 1. The summed E-state index contributed by atoms with van der Waals surface area (Å²) in [6.07, 6.45) is 2.22. The first-order chi connectivity index (χ1) is 9.78. The van der Waals surface area contributed by atoms with Gasteiger partial charge in [-0.2, -0.15) is 4.98 Å². The largest absolute Gasteiger partial charge is 0.496 e. The molecule has 1 aromatic carbocycles. The molecule has 1 saturated heterocycles. The van der Waals surface area contributed by atoms with Crippen LogP contribution in [0.5, 0.6) is 5.75 Å². The summed E-state index contributed by atoms with van der Waals surface area (Å²) in [7, 11) is 1.61. The zero-order valence-electron chi connectivity index (χ0n) is 11.2. The maximum atomic E-state index is 6.02. The summed E-state index contributed by atoms with van der Waals surface area (Å²) in [5.41, 5.74) is 0.725. The quantitative estimate of drug-likeness (QED) is 0.943. The Bertz CT molecular complexity index is 594. The van der Waals surface area contributed by atoms with E-state index in [2.05, 4.69) is 15.5 Å². The molecule has 0 bridgehead atoms. The van der Waals surface area contributed by atoms with Gasteiger partial charge in [-0.3, -0.25) is 0 Å². The number of hydrogen-bond acceptors (Lipinski definition) is 5. The predicted octanol–water partition coefficient (Wildman–Crippen LogP) is 2.87. The van der Waals surface area contributed by atoms with Crippen molar-refractivity contribution < 1.29 is 9.26 Å². The van der Waals surface area contributed by atoms with E-state index in [1.54, 1.807) is 25.3 Å². The average Bonchev–Trinajstić information content (AvgIpc) is 2.98. The lowest BCUT2D eigenvalue weighted by atomic mass is 9.99. The maximum Gasteiger partial charge on any atom is 0.261 e. The molecule has 3 rings (SSSR count). The van der Waals surface area contributed by atoms with Crippen LogP contribution in [0.2, 0.25) is 5.02 Å². The first-order valence-corrected chi connectivity index (χ1v) is 7.04. The second-order valence-electron chi connectivity index (χ2n) is 4.85. The molecule has 106 valence electrons. The zero-order chi connectivity index (χ0) is 13.9. The lowest BCUT2D eigenvalue weighted by Gasteiger charge is -2.19. The van der Waals surface area contributed by atoms with Gasteiger partial charge in [0.25, 0.3) is 5.89 Å². The van der Waals surface area contributed by atoms with Gasteiger partial charge in [-0.05, 0) is 37.6 Å². The molecule has 0 radical (unpaired) electrons. The van der Waals surface area contributed by atoms with Crippen molar-refractivity contribution in [3.05, 3.63) is 29.0 Å². The van der Waals surface area contributed by atoms with Crippen molar-refractivity contribution in [1.82, 2.24) is 15.5 Å². The topological polar surface area (TPSA) is 60.2 Å². The minimum absolute atomic E-state index is 0.312.